The topological polar surface area (TPSA) is 52.8 Å². The highest BCUT2D eigenvalue weighted by atomic mass is 16.7. The van der Waals surface area contributed by atoms with Crippen molar-refractivity contribution in [1.29, 1.82) is 0 Å². The fraction of sp³-hybridized carbons (Fsp3) is 0.125. The van der Waals surface area contributed by atoms with E-state index in [1.54, 1.807) is 30.9 Å². The van der Waals surface area contributed by atoms with Crippen LogP contribution in [0.1, 0.15) is 5.69 Å². The average molecular weight is 175 g/mol. The molecule has 65 valence electrons. The van der Waals surface area contributed by atoms with Crippen LogP contribution in [0.2, 0.25) is 0 Å². The molecule has 0 bridgehead atoms. The maximum Gasteiger partial charge on any atom is 0.160 e. The van der Waals surface area contributed by atoms with Crippen LogP contribution >= 0.6 is 0 Å². The van der Waals surface area contributed by atoms with Gasteiger partial charge in [-0.1, -0.05) is 0 Å². The second-order valence-electron chi connectivity index (χ2n) is 2.32. The van der Waals surface area contributed by atoms with Gasteiger partial charge in [0.2, 0.25) is 0 Å². The molecule has 0 unspecified atom stereocenters. The second-order valence-corrected chi connectivity index (χ2v) is 2.32. The highest BCUT2D eigenvalue weighted by molar-refractivity contribution is 4.91. The Morgan fingerprint density at radius 1 is 1.46 bits per heavy atom. The van der Waals surface area contributed by atoms with E-state index >= 15 is 0 Å². The summed E-state index contributed by atoms with van der Waals surface area (Å²) < 4.78 is 0. The van der Waals surface area contributed by atoms with E-state index in [-0.39, 0.29) is 0 Å². The molecule has 0 amide bonds. The van der Waals surface area contributed by atoms with Gasteiger partial charge in [-0.15, -0.1) is 9.94 Å². The molecule has 2 rings (SSSR count). The predicted molar refractivity (Wildman–Crippen MR) is 43.4 cm³/mol. The van der Waals surface area contributed by atoms with Gasteiger partial charge in [0.25, 0.3) is 0 Å². The van der Waals surface area contributed by atoms with Crippen molar-refractivity contribution < 1.29 is 4.84 Å². The van der Waals surface area contributed by atoms with E-state index in [0.717, 1.165) is 5.69 Å². The van der Waals surface area contributed by atoms with Crippen LogP contribution in [0, 0.1) is 6.20 Å². The lowest BCUT2D eigenvalue weighted by Gasteiger charge is -2.02. The number of nitrogens with zero attached hydrogens (tertiary/aromatic N) is 4. The van der Waals surface area contributed by atoms with Crippen LogP contribution in [-0.2, 0) is 6.61 Å². The Morgan fingerprint density at radius 2 is 2.46 bits per heavy atom. The van der Waals surface area contributed by atoms with Crippen LogP contribution in [0.4, 0.5) is 0 Å². The molecule has 0 aliphatic heterocycles. The third-order valence-electron chi connectivity index (χ3n) is 1.39. The van der Waals surface area contributed by atoms with Crippen molar-refractivity contribution in [2.75, 3.05) is 0 Å². The molecule has 0 saturated carbocycles. The van der Waals surface area contributed by atoms with Gasteiger partial charge in [0.05, 0.1) is 18.1 Å². The Balaban J connectivity index is 1.94. The highest BCUT2D eigenvalue weighted by Gasteiger charge is 1.94. The van der Waals surface area contributed by atoms with E-state index in [9.17, 15) is 0 Å². The average Bonchev–Trinajstić information content (AvgIpc) is 2.69. The molecule has 13 heavy (non-hydrogen) atoms. The van der Waals surface area contributed by atoms with Crippen LogP contribution < -0.4 is 4.84 Å². The summed E-state index contributed by atoms with van der Waals surface area (Å²) >= 11 is 0. The van der Waals surface area contributed by atoms with E-state index in [2.05, 4.69) is 21.3 Å². The minimum Gasteiger partial charge on any atom is -0.390 e. The fourth-order valence-corrected chi connectivity index (χ4v) is 0.829. The molecule has 0 aromatic carbocycles. The predicted octanol–water partition coefficient (Wildman–Crippen LogP) is 0.102. The summed E-state index contributed by atoms with van der Waals surface area (Å²) in [6, 6.07) is 1.66. The molecular formula is C8H7N4O. The van der Waals surface area contributed by atoms with E-state index in [4.69, 9.17) is 4.84 Å². The molecule has 1 radical (unpaired) electrons. The van der Waals surface area contributed by atoms with Crippen LogP contribution in [0.15, 0.2) is 30.9 Å². The van der Waals surface area contributed by atoms with Crippen LogP contribution in [0.3, 0.4) is 0 Å². The Kier molecular flexibility index (Phi) is 2.18. The van der Waals surface area contributed by atoms with E-state index in [1.165, 1.54) is 4.85 Å². The lowest BCUT2D eigenvalue weighted by atomic mass is 10.5. The quantitative estimate of drug-likeness (QED) is 0.664. The summed E-state index contributed by atoms with van der Waals surface area (Å²) in [6.45, 7) is 0.351. The maximum absolute atomic E-state index is 5.20. The van der Waals surface area contributed by atoms with Gasteiger partial charge in [-0.25, -0.2) is 0 Å². The zero-order valence-corrected chi connectivity index (χ0v) is 6.79. The molecular weight excluding hydrogens is 168 g/mol. The largest absolute Gasteiger partial charge is 0.390 e. The van der Waals surface area contributed by atoms with Crippen molar-refractivity contribution in [2.45, 2.75) is 6.61 Å². The van der Waals surface area contributed by atoms with Gasteiger partial charge in [-0.2, -0.15) is 0 Å². The summed E-state index contributed by atoms with van der Waals surface area (Å²) in [5.41, 5.74) is 0.762. The maximum atomic E-state index is 5.20. The molecule has 2 aromatic heterocycles. The normalized spacial score (nSPS) is 9.85. The second kappa shape index (κ2) is 3.66. The Bertz CT molecular complexity index is 346. The lowest BCUT2D eigenvalue weighted by molar-refractivity contribution is 0.0676. The summed E-state index contributed by atoms with van der Waals surface area (Å²) in [6.07, 6.45) is 9.16. The first-order valence-corrected chi connectivity index (χ1v) is 3.75. The molecule has 0 fully saturated rings. The first-order valence-electron chi connectivity index (χ1n) is 3.75. The monoisotopic (exact) mass is 175 g/mol. The highest BCUT2D eigenvalue weighted by Crippen LogP contribution is 1.90. The summed E-state index contributed by atoms with van der Waals surface area (Å²) in [5, 5.41) is 3.75. The molecule has 2 aromatic rings. The van der Waals surface area contributed by atoms with Crippen molar-refractivity contribution in [3.8, 4) is 0 Å². The van der Waals surface area contributed by atoms with Gasteiger partial charge in [0, 0.05) is 12.4 Å². The first-order chi connectivity index (χ1) is 6.45. The molecule has 0 aliphatic carbocycles. The summed E-state index contributed by atoms with van der Waals surface area (Å²) in [4.78, 5) is 14.5. The molecule has 5 nitrogen and oxygen atoms in total. The molecule has 2 heterocycles. The smallest absolute Gasteiger partial charge is 0.160 e. The van der Waals surface area contributed by atoms with Gasteiger partial charge < -0.3 is 4.84 Å². The molecule has 0 atom stereocenters. The third-order valence-corrected chi connectivity index (χ3v) is 1.39. The van der Waals surface area contributed by atoms with E-state index in [1.807, 2.05) is 0 Å². The van der Waals surface area contributed by atoms with Gasteiger partial charge in [0.1, 0.15) is 6.20 Å². The van der Waals surface area contributed by atoms with Crippen molar-refractivity contribution in [2.24, 2.45) is 0 Å². The lowest BCUT2D eigenvalue weighted by Crippen LogP contribution is -2.12. The Labute approximate surface area is 75.0 Å². The third kappa shape index (κ3) is 2.02. The summed E-state index contributed by atoms with van der Waals surface area (Å²) in [7, 11) is 0. The van der Waals surface area contributed by atoms with Gasteiger partial charge in [-0.3, -0.25) is 9.97 Å². The van der Waals surface area contributed by atoms with Crippen LogP contribution in [0.5, 0.6) is 0 Å². The number of rotatable bonds is 3. The number of aromatic nitrogens is 4. The van der Waals surface area contributed by atoms with Crippen LogP contribution in [0.25, 0.3) is 0 Å². The molecule has 0 N–H and O–H groups in total. The Morgan fingerprint density at radius 3 is 3.15 bits per heavy atom. The van der Waals surface area contributed by atoms with E-state index < -0.39 is 0 Å². The molecule has 5 heteroatoms. The minimum atomic E-state index is 0.351. The molecule has 0 aliphatic rings. The number of hydrogen-bond donors (Lipinski definition) is 0. The van der Waals surface area contributed by atoms with E-state index in [0.29, 0.717) is 6.61 Å². The zero-order chi connectivity index (χ0) is 8.93. The first kappa shape index (κ1) is 7.72. The van der Waals surface area contributed by atoms with Crippen molar-refractivity contribution >= 4 is 0 Å². The van der Waals surface area contributed by atoms with Crippen molar-refractivity contribution in [3.05, 3.63) is 42.7 Å². The van der Waals surface area contributed by atoms with Crippen molar-refractivity contribution in [3.63, 3.8) is 0 Å². The summed E-state index contributed by atoms with van der Waals surface area (Å²) in [5.74, 6) is 0. The zero-order valence-electron chi connectivity index (χ0n) is 6.79. The van der Waals surface area contributed by atoms with Gasteiger partial charge in [0.15, 0.2) is 6.61 Å². The fourth-order valence-electron chi connectivity index (χ4n) is 0.829. The molecule has 0 spiro atoms. The van der Waals surface area contributed by atoms with Gasteiger partial charge in [-0.05, 0) is 6.07 Å². The minimum absolute atomic E-state index is 0.351. The Hall–Kier alpha value is -1.91. The van der Waals surface area contributed by atoms with Gasteiger partial charge >= 0.3 is 0 Å². The standard InChI is InChI=1S/C8H7N4O/c1-2-11-12(5-1)13-7-8-6-9-3-4-10-8/h1,3-6H,7H2. The van der Waals surface area contributed by atoms with Crippen LogP contribution in [-0.4, -0.2) is 19.9 Å². The number of hydrogen-bond acceptors (Lipinski definition) is 4. The SMILES string of the molecule is [c]1ccn(OCc2cnccn2)n1. The van der Waals surface area contributed by atoms with Crippen molar-refractivity contribution in [1.82, 2.24) is 19.9 Å². The molecule has 0 saturated heterocycles.